The predicted molar refractivity (Wildman–Crippen MR) is 50.5 cm³/mol. The van der Waals surface area contributed by atoms with Crippen molar-refractivity contribution in [1.82, 2.24) is 10.6 Å². The van der Waals surface area contributed by atoms with Crippen LogP contribution in [0.25, 0.3) is 0 Å². The number of rotatable bonds is 2. The molecule has 76 valence electrons. The molecule has 2 atom stereocenters. The summed E-state index contributed by atoms with van der Waals surface area (Å²) in [6, 6.07) is 0. The van der Waals surface area contributed by atoms with E-state index in [2.05, 4.69) is 10.6 Å². The number of ether oxygens (including phenoxy) is 1. The third-order valence-electron chi connectivity index (χ3n) is 2.83. The van der Waals surface area contributed by atoms with E-state index in [0.29, 0.717) is 0 Å². The second-order valence-corrected chi connectivity index (χ2v) is 3.77. The molecule has 0 saturated carbocycles. The molecule has 0 aromatic carbocycles. The van der Waals surface area contributed by atoms with Crippen LogP contribution in [-0.2, 0) is 9.53 Å². The number of piperazine rings is 1. The van der Waals surface area contributed by atoms with Gasteiger partial charge in [0.05, 0.1) is 13.0 Å². The summed E-state index contributed by atoms with van der Waals surface area (Å²) in [5.74, 6) is -0.274. The number of nitrogens with one attached hydrogen (secondary N) is 2. The van der Waals surface area contributed by atoms with Crippen molar-refractivity contribution >= 4 is 5.97 Å². The van der Waals surface area contributed by atoms with Gasteiger partial charge in [-0.3, -0.25) is 4.79 Å². The first kappa shape index (κ1) is 10.5. The van der Waals surface area contributed by atoms with Gasteiger partial charge < -0.3 is 15.4 Å². The van der Waals surface area contributed by atoms with Crippen LogP contribution in [0.2, 0.25) is 0 Å². The molecule has 1 aliphatic heterocycles. The molecule has 1 rings (SSSR count). The molecule has 13 heavy (non-hydrogen) atoms. The highest BCUT2D eigenvalue weighted by Crippen LogP contribution is 2.18. The minimum absolute atomic E-state index is 0.120. The van der Waals surface area contributed by atoms with Gasteiger partial charge in [0.2, 0.25) is 0 Å². The molecule has 0 aliphatic carbocycles. The fourth-order valence-electron chi connectivity index (χ4n) is 1.59. The molecule has 0 amide bonds. The number of carbonyl (C=O) groups is 1. The maximum absolute atomic E-state index is 11.3. The molecule has 0 spiro atoms. The Bertz CT molecular complexity index is 188. The summed E-state index contributed by atoms with van der Waals surface area (Å²) >= 11 is 0. The van der Waals surface area contributed by atoms with Crippen LogP contribution in [0.1, 0.15) is 13.8 Å². The molecule has 0 bridgehead atoms. The van der Waals surface area contributed by atoms with E-state index in [9.17, 15) is 4.79 Å². The van der Waals surface area contributed by atoms with E-state index in [1.54, 1.807) is 0 Å². The van der Waals surface area contributed by atoms with E-state index in [4.69, 9.17) is 4.74 Å². The van der Waals surface area contributed by atoms with E-state index in [-0.39, 0.29) is 17.4 Å². The van der Waals surface area contributed by atoms with Crippen LogP contribution >= 0.6 is 0 Å². The van der Waals surface area contributed by atoms with Crippen LogP contribution in [0.15, 0.2) is 0 Å². The van der Waals surface area contributed by atoms with Gasteiger partial charge in [0.1, 0.15) is 0 Å². The number of methoxy groups -OCH3 is 1. The number of hydrogen-bond acceptors (Lipinski definition) is 4. The summed E-state index contributed by atoms with van der Waals surface area (Å²) in [7, 11) is 1.43. The fraction of sp³-hybridized carbons (Fsp3) is 0.889. The van der Waals surface area contributed by atoms with Gasteiger partial charge in [0.15, 0.2) is 0 Å². The molecule has 1 heterocycles. The highest BCUT2D eigenvalue weighted by Gasteiger charge is 2.37. The van der Waals surface area contributed by atoms with Gasteiger partial charge >= 0.3 is 5.97 Å². The highest BCUT2D eigenvalue weighted by atomic mass is 16.5. The molecule has 1 fully saturated rings. The van der Waals surface area contributed by atoms with Crippen molar-refractivity contribution in [3.8, 4) is 0 Å². The monoisotopic (exact) mass is 186 g/mol. The van der Waals surface area contributed by atoms with Crippen LogP contribution in [-0.4, -0.2) is 38.3 Å². The first-order valence-corrected chi connectivity index (χ1v) is 4.64. The average Bonchev–Trinajstić information content (AvgIpc) is 2.16. The van der Waals surface area contributed by atoms with Crippen LogP contribution in [0.3, 0.4) is 0 Å². The lowest BCUT2D eigenvalue weighted by Crippen LogP contribution is -2.62. The Labute approximate surface area is 79.0 Å². The minimum atomic E-state index is -0.175. The Morgan fingerprint density at radius 3 is 2.69 bits per heavy atom. The SMILES string of the molecule is COC(=O)C(C)C1(C)CNCCN1. The summed E-state index contributed by atoms with van der Waals surface area (Å²) in [5.41, 5.74) is -0.175. The number of esters is 1. The van der Waals surface area contributed by atoms with Crippen LogP contribution in [0.5, 0.6) is 0 Å². The van der Waals surface area contributed by atoms with Crippen molar-refractivity contribution in [3.63, 3.8) is 0 Å². The Kier molecular flexibility index (Phi) is 3.27. The average molecular weight is 186 g/mol. The lowest BCUT2D eigenvalue weighted by molar-refractivity contribution is -0.147. The molecule has 4 heteroatoms. The summed E-state index contributed by atoms with van der Waals surface area (Å²) < 4.78 is 4.72. The predicted octanol–water partition coefficient (Wildman–Crippen LogP) is -0.253. The molecule has 1 saturated heterocycles. The van der Waals surface area contributed by atoms with Gasteiger partial charge in [-0.25, -0.2) is 0 Å². The first-order chi connectivity index (χ1) is 6.10. The fourth-order valence-corrected chi connectivity index (χ4v) is 1.59. The third kappa shape index (κ3) is 2.19. The summed E-state index contributed by atoms with van der Waals surface area (Å²) in [4.78, 5) is 11.3. The summed E-state index contributed by atoms with van der Waals surface area (Å²) in [5, 5.41) is 6.61. The van der Waals surface area contributed by atoms with E-state index in [1.165, 1.54) is 7.11 Å². The standard InChI is InChI=1S/C9H18N2O2/c1-7(8(12)13-3)9(2)6-10-4-5-11-9/h7,10-11H,4-6H2,1-3H3. The molecular weight excluding hydrogens is 168 g/mol. The normalized spacial score (nSPS) is 31.0. The zero-order valence-corrected chi connectivity index (χ0v) is 8.52. The van der Waals surface area contributed by atoms with Crippen LogP contribution in [0, 0.1) is 5.92 Å². The smallest absolute Gasteiger partial charge is 0.310 e. The zero-order valence-electron chi connectivity index (χ0n) is 8.52. The second-order valence-electron chi connectivity index (χ2n) is 3.77. The molecule has 2 unspecified atom stereocenters. The van der Waals surface area contributed by atoms with Crippen molar-refractivity contribution in [3.05, 3.63) is 0 Å². The van der Waals surface area contributed by atoms with Gasteiger partial charge in [0.25, 0.3) is 0 Å². The molecule has 2 N–H and O–H groups in total. The molecule has 0 aromatic heterocycles. The van der Waals surface area contributed by atoms with E-state index in [1.807, 2.05) is 13.8 Å². The molecule has 0 radical (unpaired) electrons. The van der Waals surface area contributed by atoms with E-state index in [0.717, 1.165) is 19.6 Å². The van der Waals surface area contributed by atoms with Gasteiger partial charge in [-0.2, -0.15) is 0 Å². The van der Waals surface area contributed by atoms with Crippen molar-refractivity contribution in [2.24, 2.45) is 5.92 Å². The summed E-state index contributed by atoms with van der Waals surface area (Å²) in [6.07, 6.45) is 0. The summed E-state index contributed by atoms with van der Waals surface area (Å²) in [6.45, 7) is 6.61. The van der Waals surface area contributed by atoms with Gasteiger partial charge in [-0.15, -0.1) is 0 Å². The van der Waals surface area contributed by atoms with Crippen LogP contribution in [0.4, 0.5) is 0 Å². The Morgan fingerprint density at radius 2 is 2.23 bits per heavy atom. The number of hydrogen-bond donors (Lipinski definition) is 2. The molecular formula is C9H18N2O2. The Balaban J connectivity index is 2.61. The first-order valence-electron chi connectivity index (χ1n) is 4.64. The van der Waals surface area contributed by atoms with Crippen LogP contribution < -0.4 is 10.6 Å². The van der Waals surface area contributed by atoms with Gasteiger partial charge in [-0.1, -0.05) is 6.92 Å². The zero-order chi connectivity index (χ0) is 9.90. The van der Waals surface area contributed by atoms with E-state index >= 15 is 0 Å². The van der Waals surface area contributed by atoms with Gasteiger partial charge in [0, 0.05) is 25.2 Å². The lowest BCUT2D eigenvalue weighted by atomic mass is 9.85. The Hall–Kier alpha value is -0.610. The van der Waals surface area contributed by atoms with Gasteiger partial charge in [-0.05, 0) is 6.92 Å². The maximum Gasteiger partial charge on any atom is 0.310 e. The molecule has 4 nitrogen and oxygen atoms in total. The lowest BCUT2D eigenvalue weighted by Gasteiger charge is -2.39. The topological polar surface area (TPSA) is 50.4 Å². The molecule has 0 aromatic rings. The van der Waals surface area contributed by atoms with Crippen molar-refractivity contribution < 1.29 is 9.53 Å². The van der Waals surface area contributed by atoms with Crippen molar-refractivity contribution in [2.45, 2.75) is 19.4 Å². The van der Waals surface area contributed by atoms with Crippen molar-refractivity contribution in [1.29, 1.82) is 0 Å². The second kappa shape index (κ2) is 4.07. The highest BCUT2D eigenvalue weighted by molar-refractivity contribution is 5.73. The quantitative estimate of drug-likeness (QED) is 0.584. The Morgan fingerprint density at radius 1 is 1.54 bits per heavy atom. The maximum atomic E-state index is 11.3. The van der Waals surface area contributed by atoms with Crippen molar-refractivity contribution in [2.75, 3.05) is 26.7 Å². The van der Waals surface area contributed by atoms with E-state index < -0.39 is 0 Å². The number of carbonyl (C=O) groups excluding carboxylic acids is 1. The molecule has 1 aliphatic rings. The minimum Gasteiger partial charge on any atom is -0.469 e. The largest absolute Gasteiger partial charge is 0.469 e. The third-order valence-corrected chi connectivity index (χ3v) is 2.83.